The van der Waals surface area contributed by atoms with E-state index in [4.69, 9.17) is 9.47 Å². The highest BCUT2D eigenvalue weighted by atomic mass is 19.4. The van der Waals surface area contributed by atoms with Crippen molar-refractivity contribution >= 4 is 11.9 Å². The van der Waals surface area contributed by atoms with Gasteiger partial charge in [0.05, 0.1) is 34.7 Å². The van der Waals surface area contributed by atoms with Crippen LogP contribution in [0.5, 0.6) is 0 Å². The molecule has 0 atom stereocenters. The van der Waals surface area contributed by atoms with E-state index in [2.05, 4.69) is 10.4 Å². The Hall–Kier alpha value is -2.95. The molecule has 190 valence electrons. The predicted molar refractivity (Wildman–Crippen MR) is 116 cm³/mol. The van der Waals surface area contributed by atoms with Crippen LogP contribution in [0.2, 0.25) is 0 Å². The summed E-state index contributed by atoms with van der Waals surface area (Å²) in [7, 11) is 0. The zero-order valence-corrected chi connectivity index (χ0v) is 19.3. The van der Waals surface area contributed by atoms with Crippen molar-refractivity contribution in [1.82, 2.24) is 15.1 Å². The van der Waals surface area contributed by atoms with Crippen LogP contribution in [0.1, 0.15) is 63.9 Å². The molecule has 2 aromatic rings. The summed E-state index contributed by atoms with van der Waals surface area (Å²) in [5, 5.41) is 7.68. The first-order chi connectivity index (χ1) is 16.6. The topological polar surface area (TPSA) is 82.5 Å². The molecule has 1 amide bonds. The molecule has 11 heteroatoms. The van der Waals surface area contributed by atoms with Crippen LogP contribution >= 0.6 is 0 Å². The van der Waals surface area contributed by atoms with Gasteiger partial charge in [0.25, 0.3) is 5.91 Å². The minimum atomic E-state index is -4.84. The van der Waals surface area contributed by atoms with E-state index in [0.29, 0.717) is 69.0 Å². The summed E-state index contributed by atoms with van der Waals surface area (Å²) in [6.07, 6.45) is -1.54. The monoisotopic (exact) mass is 497 g/mol. The van der Waals surface area contributed by atoms with Crippen LogP contribution in [-0.2, 0) is 35.0 Å². The van der Waals surface area contributed by atoms with Gasteiger partial charge in [0, 0.05) is 32.7 Å². The van der Waals surface area contributed by atoms with Gasteiger partial charge in [-0.3, -0.25) is 9.48 Å². The van der Waals surface area contributed by atoms with Crippen LogP contribution in [0.15, 0.2) is 18.2 Å². The van der Waals surface area contributed by atoms with Gasteiger partial charge in [0.2, 0.25) is 0 Å². The molecule has 2 aliphatic heterocycles. The molecule has 4 rings (SSSR count). The molecule has 0 unspecified atom stereocenters. The molecular formula is C24H27F4N3O4. The molecule has 1 N–H and O–H groups in total. The number of hydrogen-bond acceptors (Lipinski definition) is 5. The smallest absolute Gasteiger partial charge is 0.419 e. The van der Waals surface area contributed by atoms with Crippen LogP contribution in [0, 0.1) is 11.2 Å². The third-order valence-electron chi connectivity index (χ3n) is 6.67. The number of ether oxygens (including phenoxy) is 2. The van der Waals surface area contributed by atoms with E-state index in [1.807, 2.05) is 6.92 Å². The van der Waals surface area contributed by atoms with Gasteiger partial charge in [-0.05, 0) is 49.3 Å². The maximum atomic E-state index is 13.7. The molecular weight excluding hydrogens is 470 g/mol. The normalized spacial score (nSPS) is 17.6. The molecule has 0 bridgehead atoms. The standard InChI is InChI=1S/C24H27F4N3O4/c1-2-18-20-19(13-23(14-29-21(20)32)6-10-34-11-7-23)31(30-18)8-3-9-35-22(33)15-4-5-16(17(25)12-15)24(26,27)28/h4-5,12H,2-3,6-11,13-14H2,1H3,(H,29,32). The number of alkyl halides is 3. The highest BCUT2D eigenvalue weighted by Gasteiger charge is 2.39. The Morgan fingerprint density at radius 2 is 2.03 bits per heavy atom. The fraction of sp³-hybridized carbons (Fsp3) is 0.542. The first kappa shape index (κ1) is 25.2. The fourth-order valence-electron chi connectivity index (χ4n) is 4.69. The molecule has 0 aliphatic carbocycles. The average Bonchev–Trinajstić information content (AvgIpc) is 3.09. The molecule has 1 spiro atoms. The van der Waals surface area contributed by atoms with Crippen LogP contribution in [-0.4, -0.2) is 48.0 Å². The van der Waals surface area contributed by atoms with Crippen LogP contribution < -0.4 is 5.32 Å². The van der Waals surface area contributed by atoms with E-state index in [-0.39, 0.29) is 23.5 Å². The largest absolute Gasteiger partial charge is 0.462 e. The number of amides is 1. The molecule has 3 heterocycles. The van der Waals surface area contributed by atoms with Crippen molar-refractivity contribution in [2.24, 2.45) is 5.41 Å². The van der Waals surface area contributed by atoms with E-state index < -0.39 is 23.5 Å². The maximum Gasteiger partial charge on any atom is 0.419 e. The van der Waals surface area contributed by atoms with E-state index in [0.717, 1.165) is 24.6 Å². The van der Waals surface area contributed by atoms with E-state index in [1.54, 1.807) is 4.68 Å². The number of carbonyl (C=O) groups excluding carboxylic acids is 2. The van der Waals surface area contributed by atoms with Crippen molar-refractivity contribution in [2.45, 2.75) is 51.7 Å². The lowest BCUT2D eigenvalue weighted by Gasteiger charge is -2.36. The van der Waals surface area contributed by atoms with Crippen molar-refractivity contribution in [3.8, 4) is 0 Å². The number of carbonyl (C=O) groups is 2. The van der Waals surface area contributed by atoms with Crippen molar-refractivity contribution < 1.29 is 36.6 Å². The summed E-state index contributed by atoms with van der Waals surface area (Å²) in [5.74, 6) is -2.58. The molecule has 1 aromatic heterocycles. The van der Waals surface area contributed by atoms with Gasteiger partial charge in [-0.2, -0.15) is 18.3 Å². The van der Waals surface area contributed by atoms with Gasteiger partial charge in [-0.15, -0.1) is 0 Å². The second-order valence-electron chi connectivity index (χ2n) is 9.00. The third-order valence-corrected chi connectivity index (χ3v) is 6.67. The molecule has 1 fully saturated rings. The first-order valence-corrected chi connectivity index (χ1v) is 11.6. The Labute approximate surface area is 199 Å². The molecule has 2 aliphatic rings. The van der Waals surface area contributed by atoms with Crippen molar-refractivity contribution in [3.05, 3.63) is 52.1 Å². The van der Waals surface area contributed by atoms with Gasteiger partial charge < -0.3 is 14.8 Å². The van der Waals surface area contributed by atoms with Crippen molar-refractivity contribution in [1.29, 1.82) is 0 Å². The Morgan fingerprint density at radius 3 is 2.69 bits per heavy atom. The van der Waals surface area contributed by atoms with Crippen LogP contribution in [0.4, 0.5) is 17.6 Å². The number of fused-ring (bicyclic) bond motifs is 1. The minimum absolute atomic E-state index is 0.0389. The predicted octanol–water partition coefficient (Wildman–Crippen LogP) is 3.93. The number of halogens is 4. The second-order valence-corrected chi connectivity index (χ2v) is 9.00. The van der Waals surface area contributed by atoms with Gasteiger partial charge in [0.1, 0.15) is 5.82 Å². The summed E-state index contributed by atoms with van der Waals surface area (Å²) in [6, 6.07) is 1.94. The number of rotatable bonds is 6. The van der Waals surface area contributed by atoms with Gasteiger partial charge in [-0.25, -0.2) is 9.18 Å². The molecule has 7 nitrogen and oxygen atoms in total. The van der Waals surface area contributed by atoms with E-state index in [1.165, 1.54) is 0 Å². The second kappa shape index (κ2) is 9.96. The lowest BCUT2D eigenvalue weighted by Crippen LogP contribution is -2.40. The summed E-state index contributed by atoms with van der Waals surface area (Å²) < 4.78 is 64.3. The van der Waals surface area contributed by atoms with Crippen LogP contribution in [0.25, 0.3) is 0 Å². The Bertz CT molecular complexity index is 1110. The summed E-state index contributed by atoms with van der Waals surface area (Å²) in [6.45, 7) is 4.13. The fourth-order valence-corrected chi connectivity index (χ4v) is 4.69. The summed E-state index contributed by atoms with van der Waals surface area (Å²) in [5.41, 5.74) is 0.337. The molecule has 1 saturated heterocycles. The molecule has 35 heavy (non-hydrogen) atoms. The average molecular weight is 497 g/mol. The Morgan fingerprint density at radius 1 is 1.29 bits per heavy atom. The Kier molecular flexibility index (Phi) is 7.16. The third kappa shape index (κ3) is 5.34. The van der Waals surface area contributed by atoms with Crippen LogP contribution in [0.3, 0.4) is 0 Å². The Balaban J connectivity index is 1.42. The number of esters is 1. The molecule has 0 saturated carbocycles. The number of nitrogens with one attached hydrogen (secondary N) is 1. The maximum absolute atomic E-state index is 13.7. The lowest BCUT2D eigenvalue weighted by atomic mass is 9.76. The minimum Gasteiger partial charge on any atom is -0.462 e. The number of nitrogens with zero attached hydrogens (tertiary/aromatic N) is 2. The highest BCUT2D eigenvalue weighted by molar-refractivity contribution is 5.97. The van der Waals surface area contributed by atoms with Crippen molar-refractivity contribution in [3.63, 3.8) is 0 Å². The van der Waals surface area contributed by atoms with Crippen molar-refractivity contribution in [2.75, 3.05) is 26.4 Å². The summed E-state index contributed by atoms with van der Waals surface area (Å²) >= 11 is 0. The van der Waals surface area contributed by atoms with Gasteiger partial charge in [0.15, 0.2) is 0 Å². The first-order valence-electron chi connectivity index (χ1n) is 11.6. The number of hydrogen-bond donors (Lipinski definition) is 1. The highest BCUT2D eigenvalue weighted by Crippen LogP contribution is 2.37. The molecule has 1 aromatic carbocycles. The van der Waals surface area contributed by atoms with E-state index in [9.17, 15) is 27.2 Å². The van der Waals surface area contributed by atoms with Gasteiger partial charge in [-0.1, -0.05) is 6.92 Å². The number of aromatic nitrogens is 2. The number of aryl methyl sites for hydroxylation is 2. The zero-order chi connectivity index (χ0) is 25.2. The number of benzene rings is 1. The summed E-state index contributed by atoms with van der Waals surface area (Å²) in [4.78, 5) is 25.0. The molecule has 0 radical (unpaired) electrons. The van der Waals surface area contributed by atoms with E-state index >= 15 is 0 Å². The zero-order valence-electron chi connectivity index (χ0n) is 19.3. The SMILES string of the molecule is CCc1nn(CCCOC(=O)c2ccc(C(F)(F)F)c(F)c2)c2c1C(=O)NCC1(CCOCC1)C2. The quantitative estimate of drug-likeness (QED) is 0.372. The van der Waals surface area contributed by atoms with Gasteiger partial charge >= 0.3 is 12.1 Å². The lowest BCUT2D eigenvalue weighted by molar-refractivity contribution is -0.140.